The predicted molar refractivity (Wildman–Crippen MR) is 72.7 cm³/mol. The third-order valence-corrected chi connectivity index (χ3v) is 3.21. The average Bonchev–Trinajstić information content (AvgIpc) is 2.56. The van der Waals surface area contributed by atoms with Crippen LogP contribution in [0.2, 0.25) is 0 Å². The lowest BCUT2D eigenvalue weighted by Gasteiger charge is -1.96. The number of benzene rings is 1. The van der Waals surface area contributed by atoms with Gasteiger partial charge in [-0.25, -0.2) is 0 Å². The molecule has 0 unspecified atom stereocenters. The van der Waals surface area contributed by atoms with Gasteiger partial charge in [-0.1, -0.05) is 24.3 Å². The summed E-state index contributed by atoms with van der Waals surface area (Å²) in [5.74, 6) is -0.425. The predicted octanol–water partition coefficient (Wildman–Crippen LogP) is 1.73. The van der Waals surface area contributed by atoms with Crippen LogP contribution in [-0.2, 0) is 11.2 Å². The van der Waals surface area contributed by atoms with Gasteiger partial charge in [0.1, 0.15) is 0 Å². The van der Waals surface area contributed by atoms with Gasteiger partial charge in [-0.3, -0.25) is 4.79 Å². The Balaban J connectivity index is 2.29. The van der Waals surface area contributed by atoms with Crippen molar-refractivity contribution in [3.63, 3.8) is 0 Å². The molecule has 0 saturated heterocycles. The highest BCUT2D eigenvalue weighted by Gasteiger charge is 2.14. The minimum Gasteiger partial charge on any atom is -0.397 e. The standard InChI is InChI=1S/C14H13N3O/c15-11-6-2-5-10-9-4-1-3-8(14(16)18)7-12(9)17-13(10)11/h1-3,5-7,17H,4,15H2,(H2,16,18). The molecule has 1 amide bonds. The second kappa shape index (κ2) is 3.77. The minimum atomic E-state index is -0.425. The van der Waals surface area contributed by atoms with Crippen molar-refractivity contribution in [1.82, 2.24) is 4.98 Å². The van der Waals surface area contributed by atoms with Crippen LogP contribution in [0.3, 0.4) is 0 Å². The largest absolute Gasteiger partial charge is 0.397 e. The molecule has 4 heteroatoms. The molecule has 0 saturated carbocycles. The smallest absolute Gasteiger partial charge is 0.248 e. The molecule has 3 rings (SSSR count). The van der Waals surface area contributed by atoms with Gasteiger partial charge < -0.3 is 16.5 Å². The molecule has 1 aliphatic rings. The fourth-order valence-corrected chi connectivity index (χ4v) is 2.32. The van der Waals surface area contributed by atoms with Crippen LogP contribution in [0, 0.1) is 0 Å². The molecule has 90 valence electrons. The van der Waals surface area contributed by atoms with Gasteiger partial charge in [0.15, 0.2) is 0 Å². The van der Waals surface area contributed by atoms with E-state index in [1.165, 1.54) is 0 Å². The molecule has 0 radical (unpaired) electrons. The number of hydrogen-bond acceptors (Lipinski definition) is 2. The summed E-state index contributed by atoms with van der Waals surface area (Å²) in [7, 11) is 0. The summed E-state index contributed by atoms with van der Waals surface area (Å²) >= 11 is 0. The van der Waals surface area contributed by atoms with E-state index in [0.717, 1.165) is 28.6 Å². The van der Waals surface area contributed by atoms with E-state index in [1.54, 1.807) is 12.2 Å². The normalized spacial score (nSPS) is 14.1. The van der Waals surface area contributed by atoms with Crippen molar-refractivity contribution in [3.05, 3.63) is 47.2 Å². The Morgan fingerprint density at radius 3 is 2.94 bits per heavy atom. The number of para-hydroxylation sites is 1. The molecule has 5 N–H and O–H groups in total. The van der Waals surface area contributed by atoms with Gasteiger partial charge in [0.05, 0.1) is 11.2 Å². The third kappa shape index (κ3) is 1.50. The van der Waals surface area contributed by atoms with Gasteiger partial charge in [-0.15, -0.1) is 0 Å². The highest BCUT2D eigenvalue weighted by molar-refractivity contribution is 6.02. The zero-order valence-electron chi connectivity index (χ0n) is 9.73. The number of anilines is 1. The lowest BCUT2D eigenvalue weighted by molar-refractivity contribution is -0.114. The van der Waals surface area contributed by atoms with E-state index < -0.39 is 5.91 Å². The summed E-state index contributed by atoms with van der Waals surface area (Å²) in [4.78, 5) is 14.5. The molecule has 0 aliphatic heterocycles. The first-order valence-electron chi connectivity index (χ1n) is 5.74. The topological polar surface area (TPSA) is 84.9 Å². The lowest BCUT2D eigenvalue weighted by atomic mass is 10.1. The quantitative estimate of drug-likeness (QED) is 0.662. The number of hydrogen-bond donors (Lipinski definition) is 3. The van der Waals surface area contributed by atoms with Crippen molar-refractivity contribution in [3.8, 4) is 0 Å². The van der Waals surface area contributed by atoms with Crippen molar-refractivity contribution in [2.24, 2.45) is 5.73 Å². The van der Waals surface area contributed by atoms with Crippen molar-refractivity contribution in [2.75, 3.05) is 5.73 Å². The number of nitrogen functional groups attached to an aromatic ring is 1. The van der Waals surface area contributed by atoms with Crippen LogP contribution in [0.25, 0.3) is 17.0 Å². The molecular formula is C14H13N3O. The average molecular weight is 239 g/mol. The molecule has 0 fully saturated rings. The number of H-pyrrole nitrogens is 1. The van der Waals surface area contributed by atoms with Crippen LogP contribution in [0.4, 0.5) is 5.69 Å². The molecule has 0 bridgehead atoms. The van der Waals surface area contributed by atoms with Gasteiger partial charge in [0.25, 0.3) is 0 Å². The zero-order valence-corrected chi connectivity index (χ0v) is 9.73. The molecule has 2 aromatic rings. The van der Waals surface area contributed by atoms with Gasteiger partial charge in [-0.2, -0.15) is 0 Å². The number of rotatable bonds is 1. The Labute approximate surface area is 104 Å². The van der Waals surface area contributed by atoms with Crippen LogP contribution in [0.1, 0.15) is 11.3 Å². The van der Waals surface area contributed by atoms with Gasteiger partial charge in [0.2, 0.25) is 5.91 Å². The van der Waals surface area contributed by atoms with E-state index in [-0.39, 0.29) is 0 Å². The van der Waals surface area contributed by atoms with E-state index in [0.29, 0.717) is 11.3 Å². The molecule has 1 aromatic carbocycles. The molecule has 18 heavy (non-hydrogen) atoms. The van der Waals surface area contributed by atoms with E-state index in [1.807, 2.05) is 24.3 Å². The molecule has 1 aliphatic carbocycles. The number of carbonyl (C=O) groups excluding carboxylic acids is 1. The molecule has 4 nitrogen and oxygen atoms in total. The van der Waals surface area contributed by atoms with Gasteiger partial charge >= 0.3 is 0 Å². The number of fused-ring (bicyclic) bond motifs is 3. The fourth-order valence-electron chi connectivity index (χ4n) is 2.32. The van der Waals surface area contributed by atoms with Crippen molar-refractivity contribution >= 4 is 28.6 Å². The number of nitrogens with one attached hydrogen (secondary N) is 1. The Hall–Kier alpha value is -2.49. The highest BCUT2D eigenvalue weighted by atomic mass is 16.1. The fraction of sp³-hybridized carbons (Fsp3) is 0.0714. The molecule has 1 aromatic heterocycles. The van der Waals surface area contributed by atoms with Crippen molar-refractivity contribution in [1.29, 1.82) is 0 Å². The first-order valence-corrected chi connectivity index (χ1v) is 5.74. The summed E-state index contributed by atoms with van der Waals surface area (Å²) in [5, 5.41) is 1.09. The Bertz CT molecular complexity index is 707. The molecular weight excluding hydrogens is 226 g/mol. The number of aromatic amines is 1. The molecule has 1 heterocycles. The summed E-state index contributed by atoms with van der Waals surface area (Å²) < 4.78 is 0. The number of nitrogens with two attached hydrogens (primary N) is 2. The number of primary amides is 1. The minimum absolute atomic E-state index is 0.425. The summed E-state index contributed by atoms with van der Waals surface area (Å²) in [5.41, 5.74) is 15.4. The van der Waals surface area contributed by atoms with Crippen molar-refractivity contribution in [2.45, 2.75) is 6.42 Å². The number of allylic oxidation sites excluding steroid dienone is 1. The van der Waals surface area contributed by atoms with Crippen LogP contribution >= 0.6 is 0 Å². The first-order chi connectivity index (χ1) is 8.66. The zero-order chi connectivity index (χ0) is 12.7. The van der Waals surface area contributed by atoms with Gasteiger partial charge in [0, 0.05) is 16.7 Å². The summed E-state index contributed by atoms with van der Waals surface area (Å²) in [6, 6.07) is 5.81. The lowest BCUT2D eigenvalue weighted by Crippen LogP contribution is -2.12. The Morgan fingerprint density at radius 2 is 2.17 bits per heavy atom. The SMILES string of the molecule is NC(=O)C1=Cc2[nH]c3c(N)cccc3c2CC=C1. The summed E-state index contributed by atoms with van der Waals surface area (Å²) in [6.45, 7) is 0. The third-order valence-electron chi connectivity index (χ3n) is 3.21. The Kier molecular flexibility index (Phi) is 2.23. The first kappa shape index (κ1) is 10.7. The number of amides is 1. The maximum Gasteiger partial charge on any atom is 0.248 e. The maximum absolute atomic E-state index is 11.3. The number of carbonyl (C=O) groups is 1. The van der Waals surface area contributed by atoms with Crippen LogP contribution in [0.15, 0.2) is 35.9 Å². The molecule has 0 spiro atoms. The monoisotopic (exact) mass is 239 g/mol. The second-order valence-electron chi connectivity index (χ2n) is 4.36. The van der Waals surface area contributed by atoms with Crippen molar-refractivity contribution < 1.29 is 4.79 Å². The Morgan fingerprint density at radius 1 is 1.33 bits per heavy atom. The molecule has 0 atom stereocenters. The number of aromatic nitrogens is 1. The van der Waals surface area contributed by atoms with Gasteiger partial charge in [-0.05, 0) is 24.1 Å². The highest BCUT2D eigenvalue weighted by Crippen LogP contribution is 2.30. The van der Waals surface area contributed by atoms with E-state index in [2.05, 4.69) is 4.98 Å². The summed E-state index contributed by atoms with van der Waals surface area (Å²) in [6.07, 6.45) is 6.24. The van der Waals surface area contributed by atoms with E-state index in [9.17, 15) is 4.79 Å². The van der Waals surface area contributed by atoms with Crippen LogP contribution in [0.5, 0.6) is 0 Å². The van der Waals surface area contributed by atoms with E-state index in [4.69, 9.17) is 11.5 Å². The second-order valence-corrected chi connectivity index (χ2v) is 4.36. The van der Waals surface area contributed by atoms with Crippen LogP contribution < -0.4 is 11.5 Å². The van der Waals surface area contributed by atoms with Crippen LogP contribution in [-0.4, -0.2) is 10.9 Å². The van der Waals surface area contributed by atoms with E-state index >= 15 is 0 Å². The maximum atomic E-state index is 11.3.